The van der Waals surface area contributed by atoms with Crippen molar-refractivity contribution >= 4 is 29.0 Å². The third-order valence-corrected chi connectivity index (χ3v) is 9.44. The maximum Gasteiger partial charge on any atom is 0.235 e. The van der Waals surface area contributed by atoms with E-state index in [0.29, 0.717) is 0 Å². The Balaban J connectivity index is 1.55. The average molecular weight is 558 g/mol. The molecule has 2 unspecified atom stereocenters. The highest BCUT2D eigenvalue weighted by molar-refractivity contribution is 6.32. The van der Waals surface area contributed by atoms with Crippen LogP contribution >= 0.6 is 0 Å². The summed E-state index contributed by atoms with van der Waals surface area (Å²) >= 11 is 0. The molecular weight excluding hydrogens is 521 g/mol. The van der Waals surface area contributed by atoms with Gasteiger partial charge in [0.1, 0.15) is 11.6 Å². The lowest BCUT2D eigenvalue weighted by atomic mass is 9.52. The minimum absolute atomic E-state index is 0.000590. The maximum atomic E-state index is 16.0. The Morgan fingerprint density at radius 3 is 2.48 bits per heavy atom. The number of likely N-dealkylation sites (tertiary alicyclic amines) is 1. The molecule has 0 radical (unpaired) electrons. The predicted octanol–water partition coefficient (Wildman–Crippen LogP) is 0.628. The van der Waals surface area contributed by atoms with Crippen molar-refractivity contribution in [2.75, 3.05) is 27.2 Å². The second kappa shape index (κ2) is 9.53. The van der Waals surface area contributed by atoms with Gasteiger partial charge < -0.3 is 15.9 Å². The van der Waals surface area contributed by atoms with Gasteiger partial charge in [0.15, 0.2) is 34.7 Å². The number of primary amides is 1. The predicted molar refractivity (Wildman–Crippen MR) is 140 cm³/mol. The van der Waals surface area contributed by atoms with E-state index < -0.39 is 75.9 Å². The van der Waals surface area contributed by atoms with Crippen molar-refractivity contribution in [2.45, 2.75) is 57.7 Å². The van der Waals surface area contributed by atoms with Gasteiger partial charge in [-0.25, -0.2) is 4.39 Å². The van der Waals surface area contributed by atoms with E-state index in [4.69, 9.17) is 5.73 Å². The molecule has 4 N–H and O–H groups in total. The van der Waals surface area contributed by atoms with Crippen LogP contribution in [-0.2, 0) is 32.1 Å². The number of piperidine rings is 1. The number of nitrogens with two attached hydrogens (primary N) is 1. The Labute approximate surface area is 231 Å². The molecule has 1 aromatic rings. The Bertz CT molecular complexity index is 1340. The molecule has 1 saturated heterocycles. The van der Waals surface area contributed by atoms with Gasteiger partial charge in [0.2, 0.25) is 5.91 Å². The van der Waals surface area contributed by atoms with Crippen molar-refractivity contribution in [1.29, 1.82) is 0 Å². The molecule has 4 aliphatic rings. The highest BCUT2D eigenvalue weighted by Crippen LogP contribution is 2.51. The summed E-state index contributed by atoms with van der Waals surface area (Å²) in [6.07, 6.45) is 1.81. The number of likely N-dealkylation sites (N-methyl/N-ethyl adjacent to an activating group) is 1. The molecule has 0 aromatic heterocycles. The van der Waals surface area contributed by atoms with Gasteiger partial charge in [-0.15, -0.1) is 0 Å². The third-order valence-electron chi connectivity index (χ3n) is 9.44. The Kier molecular flexibility index (Phi) is 6.79. The minimum atomic E-state index is -2.80. The van der Waals surface area contributed by atoms with Crippen LogP contribution in [0.25, 0.3) is 0 Å². The van der Waals surface area contributed by atoms with Crippen molar-refractivity contribution in [3.8, 4) is 5.75 Å². The molecule has 1 amide bonds. The number of phenols is 1. The number of amides is 1. The second-order valence-electron chi connectivity index (χ2n) is 13.0. The molecule has 1 heterocycles. The number of carbonyl (C=O) groups is 5. The van der Waals surface area contributed by atoms with Crippen LogP contribution in [0.5, 0.6) is 5.75 Å². The monoisotopic (exact) mass is 557 g/mol. The summed E-state index contributed by atoms with van der Waals surface area (Å²) in [5.41, 5.74) is 2.51. The van der Waals surface area contributed by atoms with Crippen LogP contribution in [0.3, 0.4) is 0 Å². The van der Waals surface area contributed by atoms with Crippen molar-refractivity contribution in [3.05, 3.63) is 28.6 Å². The quantitative estimate of drug-likeness (QED) is 0.452. The van der Waals surface area contributed by atoms with Gasteiger partial charge in [0.25, 0.3) is 0 Å². The zero-order valence-corrected chi connectivity index (χ0v) is 23.2. The van der Waals surface area contributed by atoms with E-state index in [1.165, 1.54) is 25.1 Å². The van der Waals surface area contributed by atoms with Gasteiger partial charge in [-0.1, -0.05) is 13.8 Å². The Morgan fingerprint density at radius 1 is 1.20 bits per heavy atom. The van der Waals surface area contributed by atoms with Gasteiger partial charge >= 0.3 is 0 Å². The SMILES string of the molecule is CN(C)[C@@H]1C(=O)C(C(N)=O)C(=O)[C@@]2(O)C(=O)C3C(=O)c4c(O)cc(CN5CCCC(C)(C)C5)c(F)c4C[C@H]3C[C@@H]12. The van der Waals surface area contributed by atoms with E-state index in [0.717, 1.165) is 25.9 Å². The smallest absolute Gasteiger partial charge is 0.235 e. The molecule has 3 aliphatic carbocycles. The van der Waals surface area contributed by atoms with Gasteiger partial charge in [-0.2, -0.15) is 0 Å². The zero-order chi connectivity index (χ0) is 29.5. The van der Waals surface area contributed by atoms with Crippen LogP contribution in [-0.4, -0.2) is 87.9 Å². The van der Waals surface area contributed by atoms with Crippen LogP contribution < -0.4 is 5.73 Å². The highest BCUT2D eigenvalue weighted by atomic mass is 19.1. The first kappa shape index (κ1) is 28.5. The van der Waals surface area contributed by atoms with Gasteiger partial charge in [-0.3, -0.25) is 33.8 Å². The normalized spacial score (nSPS) is 33.9. The molecule has 1 aliphatic heterocycles. The number of Topliss-reactive ketones (excluding diaryl/α,β-unsaturated/α-hetero) is 4. The lowest BCUT2D eigenvalue weighted by Crippen LogP contribution is -2.74. The molecule has 5 rings (SSSR count). The topological polar surface area (TPSA) is 158 Å². The zero-order valence-electron chi connectivity index (χ0n) is 23.2. The van der Waals surface area contributed by atoms with Crippen molar-refractivity contribution < 1.29 is 38.6 Å². The molecular formula is C29H36FN3O7. The Morgan fingerprint density at radius 2 is 1.88 bits per heavy atom. The summed E-state index contributed by atoms with van der Waals surface area (Å²) in [7, 11) is 3.03. The molecule has 216 valence electrons. The molecule has 6 atom stereocenters. The fourth-order valence-corrected chi connectivity index (χ4v) is 7.74. The number of nitrogens with zero attached hydrogens (tertiary/aromatic N) is 2. The first-order valence-corrected chi connectivity index (χ1v) is 13.7. The summed E-state index contributed by atoms with van der Waals surface area (Å²) in [5.74, 6) is -12.2. The van der Waals surface area contributed by atoms with Crippen LogP contribution in [0.4, 0.5) is 4.39 Å². The molecule has 0 bridgehead atoms. The summed E-state index contributed by atoms with van der Waals surface area (Å²) in [4.78, 5) is 69.6. The molecule has 0 spiro atoms. The van der Waals surface area contributed by atoms with Gasteiger partial charge in [0.05, 0.1) is 17.5 Å². The maximum absolute atomic E-state index is 16.0. The highest BCUT2D eigenvalue weighted by Gasteiger charge is 2.69. The largest absolute Gasteiger partial charge is 0.507 e. The summed E-state index contributed by atoms with van der Waals surface area (Å²) in [6, 6.07) is 0.0164. The number of aromatic hydroxyl groups is 1. The minimum Gasteiger partial charge on any atom is -0.507 e. The first-order chi connectivity index (χ1) is 18.6. The number of rotatable bonds is 4. The van der Waals surface area contributed by atoms with E-state index in [1.54, 1.807) is 0 Å². The number of fused-ring (bicyclic) bond motifs is 3. The van der Waals surface area contributed by atoms with E-state index in [1.807, 2.05) is 0 Å². The van der Waals surface area contributed by atoms with Gasteiger partial charge in [0, 0.05) is 30.1 Å². The Hall–Kier alpha value is -3.02. The van der Waals surface area contributed by atoms with E-state index >= 15 is 4.39 Å². The fraction of sp³-hybridized carbons (Fsp3) is 0.621. The molecule has 3 fully saturated rings. The average Bonchev–Trinajstić information content (AvgIpc) is 2.83. The molecule has 40 heavy (non-hydrogen) atoms. The number of phenolic OH excluding ortho intramolecular Hbond substituents is 1. The number of hydrogen-bond acceptors (Lipinski definition) is 9. The standard InChI is InChI=1S/C29H36FN3O7/c1-28(2)6-5-7-33(12-28)11-14-10-17(34)19-15(21(14)30)8-13-9-16-22(32(3)4)24(36)20(27(31)39)26(38)29(16,40)25(37)18(13)23(19)35/h10,13,16,18,20,22,34,40H,5-9,11-12H2,1-4H3,(H2,31,39)/t13-,16-,18?,20?,22-,29-/m0/s1. The van der Waals surface area contributed by atoms with E-state index in [9.17, 15) is 34.2 Å². The van der Waals surface area contributed by atoms with Crippen molar-refractivity contribution in [2.24, 2.45) is 34.8 Å². The van der Waals surface area contributed by atoms with Gasteiger partial charge in [-0.05, 0) is 63.7 Å². The van der Waals surface area contributed by atoms with Crippen molar-refractivity contribution in [3.63, 3.8) is 0 Å². The third kappa shape index (κ3) is 4.12. The lowest BCUT2D eigenvalue weighted by Gasteiger charge is -2.52. The molecule has 1 aromatic carbocycles. The summed E-state index contributed by atoms with van der Waals surface area (Å²) in [6.45, 7) is 6.07. The van der Waals surface area contributed by atoms with E-state index in [2.05, 4.69) is 18.7 Å². The van der Waals surface area contributed by atoms with Crippen LogP contribution in [0.15, 0.2) is 6.07 Å². The number of aliphatic hydroxyl groups is 1. The number of ketones is 4. The number of carbonyl (C=O) groups excluding carboxylic acids is 5. The summed E-state index contributed by atoms with van der Waals surface area (Å²) < 4.78 is 16.0. The molecule has 11 heteroatoms. The fourth-order valence-electron chi connectivity index (χ4n) is 7.74. The molecule has 10 nitrogen and oxygen atoms in total. The van der Waals surface area contributed by atoms with Crippen LogP contribution in [0, 0.1) is 34.9 Å². The van der Waals surface area contributed by atoms with Crippen LogP contribution in [0.1, 0.15) is 54.6 Å². The second-order valence-corrected chi connectivity index (χ2v) is 13.0. The van der Waals surface area contributed by atoms with E-state index in [-0.39, 0.29) is 41.5 Å². The lowest BCUT2D eigenvalue weighted by molar-refractivity contribution is -0.181. The number of benzene rings is 1. The first-order valence-electron chi connectivity index (χ1n) is 13.7. The summed E-state index contributed by atoms with van der Waals surface area (Å²) in [5, 5.41) is 22.5. The van der Waals surface area contributed by atoms with Crippen molar-refractivity contribution in [1.82, 2.24) is 9.80 Å². The number of halogens is 1. The van der Waals surface area contributed by atoms with Crippen LogP contribution in [0.2, 0.25) is 0 Å². The molecule has 2 saturated carbocycles. The number of hydrogen-bond donors (Lipinski definition) is 3.